The van der Waals surface area contributed by atoms with Gasteiger partial charge in [0.25, 0.3) is 5.91 Å². The van der Waals surface area contributed by atoms with Crippen molar-refractivity contribution in [2.24, 2.45) is 5.14 Å². The summed E-state index contributed by atoms with van der Waals surface area (Å²) in [5.41, 5.74) is 1.03. The monoisotopic (exact) mass is 284 g/mol. The minimum Gasteiger partial charge on any atom is -0.368 e. The number of sulfonamides is 1. The first-order valence-corrected chi connectivity index (χ1v) is 7.48. The summed E-state index contributed by atoms with van der Waals surface area (Å²) in [6.45, 7) is 2.23. The van der Waals surface area contributed by atoms with Gasteiger partial charge in [-0.2, -0.15) is 0 Å². The normalized spacial score (nSPS) is 19.4. The molecule has 1 amide bonds. The largest absolute Gasteiger partial charge is 0.368 e. The molecule has 1 saturated heterocycles. The molecule has 1 aromatic carbocycles. The van der Waals surface area contributed by atoms with Gasteiger partial charge in [0.1, 0.15) is 6.10 Å². The van der Waals surface area contributed by atoms with Gasteiger partial charge in [0.05, 0.1) is 4.90 Å². The first-order valence-electron chi connectivity index (χ1n) is 5.94. The average Bonchev–Trinajstić information content (AvgIpc) is 2.80. The summed E-state index contributed by atoms with van der Waals surface area (Å²) in [5, 5.41) is 7.78. The van der Waals surface area contributed by atoms with E-state index in [0.717, 1.165) is 6.42 Å². The van der Waals surface area contributed by atoms with Crippen molar-refractivity contribution < 1.29 is 17.9 Å². The van der Waals surface area contributed by atoms with Crippen LogP contribution in [-0.2, 0) is 19.6 Å². The van der Waals surface area contributed by atoms with Gasteiger partial charge in [-0.1, -0.05) is 0 Å². The average molecular weight is 284 g/mol. The van der Waals surface area contributed by atoms with E-state index in [2.05, 4.69) is 5.32 Å². The number of anilines is 1. The van der Waals surface area contributed by atoms with Gasteiger partial charge in [-0.15, -0.1) is 0 Å². The summed E-state index contributed by atoms with van der Waals surface area (Å²) < 4.78 is 27.8. The van der Waals surface area contributed by atoms with Crippen LogP contribution < -0.4 is 10.5 Å². The Bertz CT molecular complexity index is 592. The van der Waals surface area contributed by atoms with Crippen LogP contribution in [0.5, 0.6) is 0 Å². The number of hydrogen-bond acceptors (Lipinski definition) is 4. The Hall–Kier alpha value is -1.44. The van der Waals surface area contributed by atoms with Crippen LogP contribution in [0, 0.1) is 6.92 Å². The van der Waals surface area contributed by atoms with Crippen LogP contribution in [0.1, 0.15) is 18.4 Å². The molecule has 2 rings (SSSR count). The lowest BCUT2D eigenvalue weighted by Crippen LogP contribution is -2.27. The van der Waals surface area contributed by atoms with Crippen LogP contribution in [0.3, 0.4) is 0 Å². The van der Waals surface area contributed by atoms with Gasteiger partial charge in [0, 0.05) is 12.3 Å². The minimum absolute atomic E-state index is 0.0580. The summed E-state index contributed by atoms with van der Waals surface area (Å²) >= 11 is 0. The van der Waals surface area contributed by atoms with Crippen molar-refractivity contribution in [2.75, 3.05) is 11.9 Å². The summed E-state index contributed by atoms with van der Waals surface area (Å²) in [4.78, 5) is 11.9. The van der Waals surface area contributed by atoms with Crippen LogP contribution in [-0.4, -0.2) is 27.0 Å². The fourth-order valence-corrected chi connectivity index (χ4v) is 2.82. The smallest absolute Gasteiger partial charge is 0.253 e. The third kappa shape index (κ3) is 3.31. The SMILES string of the molecule is Cc1cc(NC(=O)C2CCCO2)ccc1S(N)(=O)=O. The maximum atomic E-state index is 11.8. The van der Waals surface area contributed by atoms with E-state index in [-0.39, 0.29) is 10.8 Å². The van der Waals surface area contributed by atoms with Gasteiger partial charge in [0.2, 0.25) is 10.0 Å². The number of nitrogens with two attached hydrogens (primary N) is 1. The zero-order chi connectivity index (χ0) is 14.0. The quantitative estimate of drug-likeness (QED) is 0.856. The summed E-state index contributed by atoms with van der Waals surface area (Å²) in [6.07, 6.45) is 1.17. The summed E-state index contributed by atoms with van der Waals surface area (Å²) in [5.74, 6) is -0.208. The van der Waals surface area contributed by atoms with E-state index >= 15 is 0 Å². The van der Waals surface area contributed by atoms with Crippen molar-refractivity contribution in [1.29, 1.82) is 0 Å². The molecule has 1 heterocycles. The number of aryl methyl sites for hydroxylation is 1. The van der Waals surface area contributed by atoms with Crippen molar-refractivity contribution in [2.45, 2.75) is 30.8 Å². The van der Waals surface area contributed by atoms with Crippen molar-refractivity contribution in [3.8, 4) is 0 Å². The third-order valence-corrected chi connectivity index (χ3v) is 4.04. The van der Waals surface area contributed by atoms with E-state index < -0.39 is 16.1 Å². The second kappa shape index (κ2) is 5.28. The first kappa shape index (κ1) is 14.0. The van der Waals surface area contributed by atoms with E-state index in [0.29, 0.717) is 24.3 Å². The van der Waals surface area contributed by atoms with Crippen molar-refractivity contribution >= 4 is 21.6 Å². The van der Waals surface area contributed by atoms with E-state index in [1.165, 1.54) is 12.1 Å². The molecule has 0 bridgehead atoms. The molecule has 6 nitrogen and oxygen atoms in total. The third-order valence-electron chi connectivity index (χ3n) is 2.97. The molecular weight excluding hydrogens is 268 g/mol. The second-order valence-electron chi connectivity index (χ2n) is 4.52. The highest BCUT2D eigenvalue weighted by atomic mass is 32.2. The number of carbonyl (C=O) groups excluding carboxylic acids is 1. The lowest BCUT2D eigenvalue weighted by molar-refractivity contribution is -0.124. The number of nitrogens with one attached hydrogen (secondary N) is 1. The van der Waals surface area contributed by atoms with Crippen LogP contribution in [0.25, 0.3) is 0 Å². The molecule has 0 radical (unpaired) electrons. The highest BCUT2D eigenvalue weighted by Crippen LogP contribution is 2.20. The number of amides is 1. The zero-order valence-electron chi connectivity index (χ0n) is 10.5. The fraction of sp³-hybridized carbons (Fsp3) is 0.417. The Balaban J connectivity index is 2.14. The number of ether oxygens (including phenoxy) is 1. The van der Waals surface area contributed by atoms with E-state index in [4.69, 9.17) is 9.88 Å². The van der Waals surface area contributed by atoms with E-state index in [9.17, 15) is 13.2 Å². The molecule has 0 aliphatic carbocycles. The topological polar surface area (TPSA) is 98.5 Å². The van der Waals surface area contributed by atoms with Gasteiger partial charge in [-0.3, -0.25) is 4.79 Å². The first-order chi connectivity index (χ1) is 8.88. The van der Waals surface area contributed by atoms with Gasteiger partial charge >= 0.3 is 0 Å². The number of benzene rings is 1. The Kier molecular flexibility index (Phi) is 3.88. The maximum absolute atomic E-state index is 11.8. The molecule has 0 spiro atoms. The summed E-state index contributed by atoms with van der Waals surface area (Å²) in [6, 6.07) is 4.47. The second-order valence-corrected chi connectivity index (χ2v) is 6.05. The lowest BCUT2D eigenvalue weighted by Gasteiger charge is -2.12. The minimum atomic E-state index is -3.73. The lowest BCUT2D eigenvalue weighted by atomic mass is 10.2. The molecule has 3 N–H and O–H groups in total. The van der Waals surface area contributed by atoms with E-state index in [1.54, 1.807) is 13.0 Å². The molecule has 1 aromatic rings. The zero-order valence-corrected chi connectivity index (χ0v) is 11.4. The van der Waals surface area contributed by atoms with Crippen LogP contribution in [0.2, 0.25) is 0 Å². The Morgan fingerprint density at radius 1 is 1.47 bits per heavy atom. The number of primary sulfonamides is 1. The molecule has 0 aromatic heterocycles. The van der Waals surface area contributed by atoms with Crippen LogP contribution in [0.15, 0.2) is 23.1 Å². The molecule has 1 aliphatic rings. The van der Waals surface area contributed by atoms with Gasteiger partial charge in [-0.25, -0.2) is 13.6 Å². The van der Waals surface area contributed by atoms with Gasteiger partial charge < -0.3 is 10.1 Å². The highest BCUT2D eigenvalue weighted by Gasteiger charge is 2.23. The Labute approximate surface area is 112 Å². The standard InChI is InChI=1S/C12H16N2O4S/c1-8-7-9(4-5-11(8)19(13,16)17)14-12(15)10-3-2-6-18-10/h4-5,7,10H,2-3,6H2,1H3,(H,14,15)(H2,13,16,17). The number of carbonyl (C=O) groups is 1. The van der Waals surface area contributed by atoms with Crippen LogP contribution >= 0.6 is 0 Å². The molecule has 1 unspecified atom stereocenters. The molecule has 104 valence electrons. The van der Waals surface area contributed by atoms with Gasteiger partial charge in [-0.05, 0) is 43.5 Å². The molecule has 1 aliphatic heterocycles. The Morgan fingerprint density at radius 3 is 2.74 bits per heavy atom. The molecule has 1 atom stereocenters. The predicted octanol–water partition coefficient (Wildman–Crippen LogP) is 0.760. The molecule has 19 heavy (non-hydrogen) atoms. The number of hydrogen-bond donors (Lipinski definition) is 2. The number of rotatable bonds is 3. The fourth-order valence-electron chi connectivity index (χ4n) is 2.05. The van der Waals surface area contributed by atoms with E-state index in [1.807, 2.05) is 0 Å². The maximum Gasteiger partial charge on any atom is 0.253 e. The molecular formula is C12H16N2O4S. The van der Waals surface area contributed by atoms with Crippen LogP contribution in [0.4, 0.5) is 5.69 Å². The van der Waals surface area contributed by atoms with Crippen molar-refractivity contribution in [1.82, 2.24) is 0 Å². The van der Waals surface area contributed by atoms with Gasteiger partial charge in [0.15, 0.2) is 0 Å². The van der Waals surface area contributed by atoms with Crippen molar-refractivity contribution in [3.05, 3.63) is 23.8 Å². The molecule has 1 fully saturated rings. The summed E-state index contributed by atoms with van der Waals surface area (Å²) in [7, 11) is -3.73. The molecule has 7 heteroatoms. The Morgan fingerprint density at radius 2 is 2.21 bits per heavy atom. The highest BCUT2D eigenvalue weighted by molar-refractivity contribution is 7.89. The predicted molar refractivity (Wildman–Crippen MR) is 70.2 cm³/mol. The van der Waals surface area contributed by atoms with Crippen molar-refractivity contribution in [3.63, 3.8) is 0 Å². The molecule has 0 saturated carbocycles.